The largest absolute Gasteiger partial charge is 0.416 e. The first kappa shape index (κ1) is 21.5. The Labute approximate surface area is 172 Å². The van der Waals surface area contributed by atoms with Gasteiger partial charge in [0.25, 0.3) is 0 Å². The van der Waals surface area contributed by atoms with Crippen LogP contribution in [0.5, 0.6) is 0 Å². The zero-order valence-corrected chi connectivity index (χ0v) is 16.8. The number of halogens is 3. The fourth-order valence-electron chi connectivity index (χ4n) is 3.37. The lowest BCUT2D eigenvalue weighted by Gasteiger charge is -2.16. The molecule has 0 spiro atoms. The molecule has 3 aromatic rings. The summed E-state index contributed by atoms with van der Waals surface area (Å²) in [6.07, 6.45) is -0.397. The standard InChI is InChI=1S/C22H23F3N4O/c1-3-5-6-16-17(21(26)30)13-18(14-7-9-15(10-8-14)22(23,24)25)28-20(16)19-11-12-27-29(19)4-2/h7-13H,3-6H2,1-2H3,(H2,26,30). The molecule has 1 aromatic carbocycles. The summed E-state index contributed by atoms with van der Waals surface area (Å²) in [5.41, 5.74) is 8.15. The maximum Gasteiger partial charge on any atom is 0.416 e. The zero-order valence-electron chi connectivity index (χ0n) is 16.8. The van der Waals surface area contributed by atoms with Crippen LogP contribution in [0.3, 0.4) is 0 Å². The van der Waals surface area contributed by atoms with Crippen molar-refractivity contribution in [2.45, 2.75) is 45.8 Å². The summed E-state index contributed by atoms with van der Waals surface area (Å²) < 4.78 is 40.5. The van der Waals surface area contributed by atoms with Crippen LogP contribution in [0, 0.1) is 0 Å². The van der Waals surface area contributed by atoms with Crippen molar-refractivity contribution in [3.8, 4) is 22.6 Å². The Morgan fingerprint density at radius 1 is 1.13 bits per heavy atom. The number of primary amides is 1. The van der Waals surface area contributed by atoms with E-state index in [4.69, 9.17) is 10.7 Å². The van der Waals surface area contributed by atoms with E-state index in [-0.39, 0.29) is 0 Å². The number of aromatic nitrogens is 3. The molecule has 0 aliphatic carbocycles. The van der Waals surface area contributed by atoms with E-state index in [0.29, 0.717) is 35.5 Å². The van der Waals surface area contributed by atoms with Gasteiger partial charge in [0.1, 0.15) is 0 Å². The number of rotatable bonds is 7. The number of aryl methyl sites for hydroxylation is 1. The number of hydrogen-bond acceptors (Lipinski definition) is 3. The van der Waals surface area contributed by atoms with Crippen LogP contribution in [0.25, 0.3) is 22.6 Å². The van der Waals surface area contributed by atoms with Gasteiger partial charge in [-0.3, -0.25) is 9.48 Å². The Hall–Kier alpha value is -3.16. The van der Waals surface area contributed by atoms with Gasteiger partial charge in [0, 0.05) is 23.9 Å². The normalized spacial score (nSPS) is 11.6. The minimum absolute atomic E-state index is 0.326. The van der Waals surface area contributed by atoms with Crippen molar-refractivity contribution in [2.24, 2.45) is 5.73 Å². The Balaban J connectivity index is 2.21. The average molecular weight is 416 g/mol. The van der Waals surface area contributed by atoms with Crippen LogP contribution in [0.15, 0.2) is 42.6 Å². The quantitative estimate of drug-likeness (QED) is 0.583. The van der Waals surface area contributed by atoms with Gasteiger partial charge in [-0.1, -0.05) is 25.5 Å². The molecule has 5 nitrogen and oxygen atoms in total. The molecular formula is C22H23F3N4O. The van der Waals surface area contributed by atoms with Crippen molar-refractivity contribution in [1.82, 2.24) is 14.8 Å². The van der Waals surface area contributed by atoms with E-state index in [2.05, 4.69) is 5.10 Å². The lowest BCUT2D eigenvalue weighted by atomic mass is 9.95. The molecule has 2 aromatic heterocycles. The highest BCUT2D eigenvalue weighted by atomic mass is 19.4. The molecule has 1 amide bonds. The molecule has 8 heteroatoms. The minimum Gasteiger partial charge on any atom is -0.366 e. The van der Waals surface area contributed by atoms with Crippen molar-refractivity contribution in [1.29, 1.82) is 0 Å². The SMILES string of the molecule is CCCCc1c(C(N)=O)cc(-c2ccc(C(F)(F)F)cc2)nc1-c1ccnn1CC. The molecule has 0 unspecified atom stereocenters. The predicted octanol–water partition coefficient (Wildman–Crippen LogP) is 5.09. The van der Waals surface area contributed by atoms with Crippen LogP contribution < -0.4 is 5.73 Å². The van der Waals surface area contributed by atoms with Gasteiger partial charge in [-0.2, -0.15) is 18.3 Å². The molecular weight excluding hydrogens is 393 g/mol. The molecule has 0 atom stereocenters. The maximum absolute atomic E-state index is 12.9. The second kappa shape index (κ2) is 8.69. The van der Waals surface area contributed by atoms with Gasteiger partial charge in [0.05, 0.1) is 22.6 Å². The average Bonchev–Trinajstić information content (AvgIpc) is 3.19. The summed E-state index contributed by atoms with van der Waals surface area (Å²) in [7, 11) is 0. The Bertz CT molecular complexity index is 1040. The lowest BCUT2D eigenvalue weighted by Crippen LogP contribution is -2.16. The summed E-state index contributed by atoms with van der Waals surface area (Å²) in [4.78, 5) is 17.0. The fraction of sp³-hybridized carbons (Fsp3) is 0.318. The van der Waals surface area contributed by atoms with Crippen LogP contribution in [-0.2, 0) is 19.1 Å². The molecule has 158 valence electrons. The van der Waals surface area contributed by atoms with Crippen LogP contribution in [0.4, 0.5) is 13.2 Å². The third-order valence-electron chi connectivity index (χ3n) is 4.94. The number of hydrogen-bond donors (Lipinski definition) is 1. The molecule has 0 aliphatic heterocycles. The van der Waals surface area contributed by atoms with Gasteiger partial charge < -0.3 is 5.73 Å². The minimum atomic E-state index is -4.42. The molecule has 0 fully saturated rings. The fourth-order valence-corrected chi connectivity index (χ4v) is 3.37. The number of alkyl halides is 3. The topological polar surface area (TPSA) is 73.8 Å². The number of pyridine rings is 1. The monoisotopic (exact) mass is 416 g/mol. The second-order valence-corrected chi connectivity index (χ2v) is 6.96. The molecule has 0 radical (unpaired) electrons. The molecule has 2 N–H and O–H groups in total. The van der Waals surface area contributed by atoms with Crippen molar-refractivity contribution in [2.75, 3.05) is 0 Å². The molecule has 0 saturated heterocycles. The molecule has 0 aliphatic rings. The first-order valence-corrected chi connectivity index (χ1v) is 9.79. The number of nitrogens with two attached hydrogens (primary N) is 1. The molecule has 3 rings (SSSR count). The number of carbonyl (C=O) groups is 1. The predicted molar refractivity (Wildman–Crippen MR) is 109 cm³/mol. The van der Waals surface area contributed by atoms with E-state index in [0.717, 1.165) is 36.2 Å². The smallest absolute Gasteiger partial charge is 0.366 e. The number of nitrogens with zero attached hydrogens (tertiary/aromatic N) is 3. The van der Waals surface area contributed by atoms with Crippen LogP contribution in [0.2, 0.25) is 0 Å². The second-order valence-electron chi connectivity index (χ2n) is 6.96. The van der Waals surface area contributed by atoms with Gasteiger partial charge in [0.2, 0.25) is 5.91 Å². The van der Waals surface area contributed by atoms with Gasteiger partial charge in [-0.15, -0.1) is 0 Å². The van der Waals surface area contributed by atoms with Crippen LogP contribution in [-0.4, -0.2) is 20.7 Å². The van der Waals surface area contributed by atoms with E-state index < -0.39 is 17.6 Å². The van der Waals surface area contributed by atoms with E-state index in [1.807, 2.05) is 19.9 Å². The first-order chi connectivity index (χ1) is 14.3. The Morgan fingerprint density at radius 3 is 2.40 bits per heavy atom. The number of benzene rings is 1. The van der Waals surface area contributed by atoms with Gasteiger partial charge >= 0.3 is 6.18 Å². The zero-order chi connectivity index (χ0) is 21.9. The van der Waals surface area contributed by atoms with Gasteiger partial charge in [-0.05, 0) is 49.6 Å². The highest BCUT2D eigenvalue weighted by Crippen LogP contribution is 2.33. The number of amides is 1. The van der Waals surface area contributed by atoms with Crippen molar-refractivity contribution in [3.63, 3.8) is 0 Å². The molecule has 0 bridgehead atoms. The summed E-state index contributed by atoms with van der Waals surface area (Å²) in [6.45, 7) is 4.59. The summed E-state index contributed by atoms with van der Waals surface area (Å²) >= 11 is 0. The third kappa shape index (κ3) is 4.37. The third-order valence-corrected chi connectivity index (χ3v) is 4.94. The highest BCUT2D eigenvalue weighted by molar-refractivity contribution is 5.97. The molecule has 2 heterocycles. The van der Waals surface area contributed by atoms with Crippen molar-refractivity contribution in [3.05, 3.63) is 59.3 Å². The lowest BCUT2D eigenvalue weighted by molar-refractivity contribution is -0.137. The maximum atomic E-state index is 12.9. The highest BCUT2D eigenvalue weighted by Gasteiger charge is 2.30. The summed E-state index contributed by atoms with van der Waals surface area (Å²) in [5.74, 6) is -0.597. The van der Waals surface area contributed by atoms with Gasteiger partial charge in [-0.25, -0.2) is 4.98 Å². The van der Waals surface area contributed by atoms with E-state index in [9.17, 15) is 18.0 Å². The first-order valence-electron chi connectivity index (χ1n) is 9.79. The van der Waals surface area contributed by atoms with Gasteiger partial charge in [0.15, 0.2) is 0 Å². The number of carbonyl (C=O) groups excluding carboxylic acids is 1. The van der Waals surface area contributed by atoms with E-state index in [1.165, 1.54) is 12.1 Å². The Morgan fingerprint density at radius 2 is 1.83 bits per heavy atom. The van der Waals surface area contributed by atoms with Crippen LogP contribution in [0.1, 0.15) is 48.2 Å². The van der Waals surface area contributed by atoms with Crippen LogP contribution >= 0.6 is 0 Å². The molecule has 0 saturated carbocycles. The number of unbranched alkanes of at least 4 members (excludes halogenated alkanes) is 1. The summed E-state index contributed by atoms with van der Waals surface area (Å²) in [5, 5.41) is 4.28. The van der Waals surface area contributed by atoms with E-state index in [1.54, 1.807) is 16.9 Å². The molecule has 30 heavy (non-hydrogen) atoms. The Kier molecular flexibility index (Phi) is 6.24. The summed E-state index contributed by atoms with van der Waals surface area (Å²) in [6, 6.07) is 8.07. The van der Waals surface area contributed by atoms with Crippen molar-refractivity contribution < 1.29 is 18.0 Å². The van der Waals surface area contributed by atoms with Crippen molar-refractivity contribution >= 4 is 5.91 Å². The van der Waals surface area contributed by atoms with E-state index >= 15 is 0 Å².